The maximum absolute atomic E-state index is 12.2. The van der Waals surface area contributed by atoms with Crippen LogP contribution >= 0.6 is 27.5 Å². The van der Waals surface area contributed by atoms with Crippen molar-refractivity contribution < 1.29 is 28.6 Å². The van der Waals surface area contributed by atoms with Gasteiger partial charge in [-0.05, 0) is 27.5 Å². The minimum Gasteiger partial charge on any atom is -0.480 e. The van der Waals surface area contributed by atoms with E-state index in [0.717, 1.165) is 25.8 Å². The molecular formula is C12H15BrN2O6S. The fourth-order valence-electron chi connectivity index (χ4n) is 1.80. The molecule has 10 heteroatoms. The Labute approximate surface area is 139 Å². The number of carbonyl (C=O) groups excluding carboxylic acids is 3. The van der Waals surface area contributed by atoms with Gasteiger partial charge >= 0.3 is 11.9 Å². The number of hydrogen-bond acceptors (Lipinski definition) is 8. The van der Waals surface area contributed by atoms with Crippen molar-refractivity contribution in [2.75, 3.05) is 21.3 Å². The van der Waals surface area contributed by atoms with Crippen LogP contribution in [0.5, 0.6) is 5.88 Å². The maximum atomic E-state index is 12.2. The topological polar surface area (TPSA) is 104 Å². The molecule has 0 unspecified atom stereocenters. The number of carbonyl (C=O) groups is 3. The van der Waals surface area contributed by atoms with Gasteiger partial charge in [-0.25, -0.2) is 9.59 Å². The molecule has 1 amide bonds. The summed E-state index contributed by atoms with van der Waals surface area (Å²) in [6.45, 7) is 1.18. The molecule has 1 heterocycles. The number of aromatic nitrogens is 1. The number of halogens is 1. The van der Waals surface area contributed by atoms with Gasteiger partial charge in [-0.1, -0.05) is 0 Å². The van der Waals surface area contributed by atoms with Crippen LogP contribution in [0.15, 0.2) is 4.47 Å². The van der Waals surface area contributed by atoms with Crippen LogP contribution in [-0.4, -0.2) is 49.1 Å². The van der Waals surface area contributed by atoms with Crippen LogP contribution in [0.2, 0.25) is 0 Å². The summed E-state index contributed by atoms with van der Waals surface area (Å²) in [7, 11) is 3.67. The van der Waals surface area contributed by atoms with E-state index in [1.54, 1.807) is 0 Å². The predicted octanol–water partition coefficient (Wildman–Crippen LogP) is 0.678. The van der Waals surface area contributed by atoms with Crippen molar-refractivity contribution in [3.63, 3.8) is 0 Å². The van der Waals surface area contributed by atoms with E-state index in [-0.39, 0.29) is 6.42 Å². The first-order chi connectivity index (χ1) is 10.3. The summed E-state index contributed by atoms with van der Waals surface area (Å²) in [5.41, 5.74) is -1.99. The fraction of sp³-hybridized carbons (Fsp3) is 0.500. The summed E-state index contributed by atoms with van der Waals surface area (Å²) in [5.74, 6) is -2.14. The van der Waals surface area contributed by atoms with E-state index in [2.05, 4.69) is 35.1 Å². The highest BCUT2D eigenvalue weighted by molar-refractivity contribution is 9.10. The Morgan fingerprint density at radius 2 is 1.77 bits per heavy atom. The number of nitrogens with one attached hydrogen (secondary N) is 1. The first-order valence-electron chi connectivity index (χ1n) is 5.96. The first kappa shape index (κ1) is 18.4. The van der Waals surface area contributed by atoms with Crippen molar-refractivity contribution >= 4 is 45.3 Å². The monoisotopic (exact) mass is 394 g/mol. The molecular weight excluding hydrogens is 380 g/mol. The lowest BCUT2D eigenvalue weighted by molar-refractivity contribution is -0.165. The normalized spacial score (nSPS) is 10.8. The lowest BCUT2D eigenvalue weighted by Crippen LogP contribution is -2.62. The maximum Gasteiger partial charge on any atom is 0.343 e. The average Bonchev–Trinajstić information content (AvgIpc) is 2.84. The van der Waals surface area contributed by atoms with Gasteiger partial charge in [-0.3, -0.25) is 4.79 Å². The van der Waals surface area contributed by atoms with E-state index >= 15 is 0 Å². The second kappa shape index (κ2) is 7.54. The molecule has 0 aliphatic carbocycles. The highest BCUT2D eigenvalue weighted by atomic mass is 79.9. The molecule has 0 atom stereocenters. The Kier molecular flexibility index (Phi) is 6.30. The van der Waals surface area contributed by atoms with Gasteiger partial charge in [-0.15, -0.1) is 0 Å². The van der Waals surface area contributed by atoms with Crippen molar-refractivity contribution in [2.24, 2.45) is 0 Å². The highest BCUT2D eigenvalue weighted by Gasteiger charge is 2.50. The summed E-state index contributed by atoms with van der Waals surface area (Å²) in [5, 5.41) is 2.33. The summed E-state index contributed by atoms with van der Waals surface area (Å²) in [6, 6.07) is 0. The van der Waals surface area contributed by atoms with E-state index in [9.17, 15) is 14.4 Å². The second-order valence-electron chi connectivity index (χ2n) is 4.18. The first-order valence-corrected chi connectivity index (χ1v) is 7.52. The van der Waals surface area contributed by atoms with Gasteiger partial charge in [0.2, 0.25) is 17.3 Å². The van der Waals surface area contributed by atoms with Gasteiger partial charge in [-0.2, -0.15) is 4.37 Å². The van der Waals surface area contributed by atoms with Crippen molar-refractivity contribution in [1.29, 1.82) is 0 Å². The summed E-state index contributed by atoms with van der Waals surface area (Å²) >= 11 is 4.30. The molecule has 8 nitrogen and oxygen atoms in total. The largest absolute Gasteiger partial charge is 0.480 e. The third kappa shape index (κ3) is 3.55. The Balaban J connectivity index is 3.34. The van der Waals surface area contributed by atoms with Crippen LogP contribution in [0.3, 0.4) is 0 Å². The molecule has 22 heavy (non-hydrogen) atoms. The molecule has 0 fully saturated rings. The molecule has 0 saturated heterocycles. The van der Waals surface area contributed by atoms with E-state index in [1.165, 1.54) is 14.0 Å². The van der Waals surface area contributed by atoms with Crippen LogP contribution < -0.4 is 10.1 Å². The van der Waals surface area contributed by atoms with E-state index in [4.69, 9.17) is 4.74 Å². The number of ether oxygens (including phenoxy) is 3. The fourth-order valence-corrected chi connectivity index (χ4v) is 3.33. The number of rotatable bonds is 6. The lowest BCUT2D eigenvalue weighted by Gasteiger charge is -2.28. The van der Waals surface area contributed by atoms with Crippen LogP contribution in [0.25, 0.3) is 0 Å². The van der Waals surface area contributed by atoms with Crippen LogP contribution in [-0.2, 0) is 30.3 Å². The SMILES string of the molecule is COC(=O)C(Cc1snc(OC)c1Br)(NC(C)=O)C(=O)OC. The van der Waals surface area contributed by atoms with Crippen molar-refractivity contribution in [3.05, 3.63) is 9.35 Å². The smallest absolute Gasteiger partial charge is 0.343 e. The molecule has 0 saturated carbocycles. The molecule has 0 aliphatic heterocycles. The molecule has 0 bridgehead atoms. The van der Waals surface area contributed by atoms with Gasteiger partial charge < -0.3 is 19.5 Å². The zero-order valence-corrected chi connectivity index (χ0v) is 14.8. The molecule has 0 radical (unpaired) electrons. The molecule has 1 N–H and O–H groups in total. The average molecular weight is 395 g/mol. The van der Waals surface area contributed by atoms with Gasteiger partial charge in [0.1, 0.15) is 0 Å². The van der Waals surface area contributed by atoms with Crippen molar-refractivity contribution in [1.82, 2.24) is 9.69 Å². The summed E-state index contributed by atoms with van der Waals surface area (Å²) in [4.78, 5) is 36.3. The molecule has 1 rings (SSSR count). The molecule has 0 aromatic carbocycles. The minimum atomic E-state index is -1.99. The molecule has 0 aliphatic rings. The van der Waals surface area contributed by atoms with Gasteiger partial charge in [0.15, 0.2) is 0 Å². The minimum absolute atomic E-state index is 0.187. The van der Waals surface area contributed by atoms with Gasteiger partial charge in [0, 0.05) is 18.2 Å². The van der Waals surface area contributed by atoms with Gasteiger partial charge in [0.05, 0.1) is 25.8 Å². The van der Waals surface area contributed by atoms with E-state index in [0.29, 0.717) is 15.2 Å². The molecule has 1 aromatic rings. The van der Waals surface area contributed by atoms with Crippen LogP contribution in [0, 0.1) is 0 Å². The number of esters is 2. The van der Waals surface area contributed by atoms with Crippen molar-refractivity contribution in [2.45, 2.75) is 18.9 Å². The number of methoxy groups -OCH3 is 3. The molecule has 1 aromatic heterocycles. The summed E-state index contributed by atoms with van der Waals surface area (Å²) in [6.07, 6.45) is -0.187. The van der Waals surface area contributed by atoms with E-state index in [1.807, 2.05) is 0 Å². The lowest BCUT2D eigenvalue weighted by atomic mass is 9.94. The predicted molar refractivity (Wildman–Crippen MR) is 80.6 cm³/mol. The zero-order valence-electron chi connectivity index (χ0n) is 12.4. The number of amides is 1. The number of hydrogen-bond donors (Lipinski definition) is 1. The second-order valence-corrected chi connectivity index (χ2v) is 5.83. The Morgan fingerprint density at radius 1 is 1.23 bits per heavy atom. The Bertz CT molecular complexity index is 572. The zero-order chi connectivity index (χ0) is 16.9. The molecule has 0 spiro atoms. The Morgan fingerprint density at radius 3 is 2.14 bits per heavy atom. The van der Waals surface area contributed by atoms with Gasteiger partial charge in [0.25, 0.3) is 0 Å². The highest BCUT2D eigenvalue weighted by Crippen LogP contribution is 2.34. The third-order valence-electron chi connectivity index (χ3n) is 2.75. The van der Waals surface area contributed by atoms with Crippen LogP contribution in [0.4, 0.5) is 0 Å². The number of nitrogens with zero attached hydrogens (tertiary/aromatic N) is 1. The third-order valence-corrected chi connectivity index (χ3v) is 4.65. The van der Waals surface area contributed by atoms with Crippen LogP contribution in [0.1, 0.15) is 11.8 Å². The Hall–Kier alpha value is -1.68. The summed E-state index contributed by atoms with van der Waals surface area (Å²) < 4.78 is 18.9. The quantitative estimate of drug-likeness (QED) is 0.558. The molecule has 122 valence electrons. The van der Waals surface area contributed by atoms with E-state index < -0.39 is 23.4 Å². The van der Waals surface area contributed by atoms with Crippen molar-refractivity contribution in [3.8, 4) is 5.88 Å². The standard InChI is InChI=1S/C12H15BrN2O6S/c1-6(16)14-12(10(17)20-3,11(18)21-4)5-7-8(13)9(19-2)15-22-7/h5H2,1-4H3,(H,14,16).